The molecule has 0 atom stereocenters. The minimum atomic E-state index is -0.208. The molecule has 0 aliphatic rings. The second-order valence-corrected chi connectivity index (χ2v) is 5.29. The average molecular weight is 302 g/mol. The largest absolute Gasteiger partial charge is 0.494 e. The van der Waals surface area contributed by atoms with Crippen molar-refractivity contribution in [2.24, 2.45) is 0 Å². The summed E-state index contributed by atoms with van der Waals surface area (Å²) in [5, 5.41) is 2.85. The summed E-state index contributed by atoms with van der Waals surface area (Å²) in [6.45, 7) is 2.41. The summed E-state index contributed by atoms with van der Waals surface area (Å²) in [7, 11) is 0. The molecule has 0 aromatic heterocycles. The van der Waals surface area contributed by atoms with Crippen LogP contribution >= 0.6 is 11.8 Å². The standard InChI is InChI=1S/C16H18N2O2S/c1-3-20-14-9-11(8-12(17)10-14)16(19)18-13-4-6-15(21-2)7-5-13/h4-10H,3,17H2,1-2H3,(H,18,19). The van der Waals surface area contributed by atoms with Crippen LogP contribution in [0, 0.1) is 0 Å². The smallest absolute Gasteiger partial charge is 0.255 e. The van der Waals surface area contributed by atoms with Crippen LogP contribution in [0.5, 0.6) is 5.75 Å². The van der Waals surface area contributed by atoms with E-state index in [0.29, 0.717) is 23.6 Å². The van der Waals surface area contributed by atoms with Crippen LogP contribution in [0.2, 0.25) is 0 Å². The highest BCUT2D eigenvalue weighted by Crippen LogP contribution is 2.21. The molecule has 0 saturated carbocycles. The number of nitrogens with two attached hydrogens (primary N) is 1. The topological polar surface area (TPSA) is 64.3 Å². The Morgan fingerprint density at radius 1 is 1.24 bits per heavy atom. The SMILES string of the molecule is CCOc1cc(N)cc(C(=O)Nc2ccc(SC)cc2)c1. The Kier molecular flexibility index (Phi) is 5.11. The number of amides is 1. The molecule has 2 aromatic rings. The molecular weight excluding hydrogens is 284 g/mol. The first-order valence-electron chi connectivity index (χ1n) is 6.61. The Bertz CT molecular complexity index is 627. The highest BCUT2D eigenvalue weighted by Gasteiger charge is 2.09. The van der Waals surface area contributed by atoms with Crippen molar-refractivity contribution in [3.63, 3.8) is 0 Å². The summed E-state index contributed by atoms with van der Waals surface area (Å²) in [6.07, 6.45) is 2.01. The quantitative estimate of drug-likeness (QED) is 0.654. The molecule has 2 aromatic carbocycles. The predicted octanol–water partition coefficient (Wildman–Crippen LogP) is 3.64. The molecule has 0 saturated heterocycles. The van der Waals surface area contributed by atoms with Crippen molar-refractivity contribution in [2.45, 2.75) is 11.8 Å². The summed E-state index contributed by atoms with van der Waals surface area (Å²) in [5.41, 5.74) is 7.53. The van der Waals surface area contributed by atoms with Crippen molar-refractivity contribution in [3.8, 4) is 5.75 Å². The normalized spacial score (nSPS) is 10.2. The molecule has 0 spiro atoms. The Morgan fingerprint density at radius 3 is 2.57 bits per heavy atom. The zero-order valence-corrected chi connectivity index (χ0v) is 12.9. The van der Waals surface area contributed by atoms with Gasteiger partial charge in [0.15, 0.2) is 0 Å². The zero-order valence-electron chi connectivity index (χ0n) is 12.1. The Hall–Kier alpha value is -2.14. The molecular formula is C16H18N2O2S. The maximum Gasteiger partial charge on any atom is 0.255 e. The van der Waals surface area contributed by atoms with Gasteiger partial charge >= 0.3 is 0 Å². The van der Waals surface area contributed by atoms with Crippen molar-refractivity contribution in [3.05, 3.63) is 48.0 Å². The maximum atomic E-state index is 12.2. The Morgan fingerprint density at radius 2 is 1.95 bits per heavy atom. The molecule has 5 heteroatoms. The van der Waals surface area contributed by atoms with Crippen LogP contribution in [0.3, 0.4) is 0 Å². The lowest BCUT2D eigenvalue weighted by Crippen LogP contribution is -2.12. The zero-order chi connectivity index (χ0) is 15.2. The number of hydrogen-bond donors (Lipinski definition) is 2. The first-order valence-corrected chi connectivity index (χ1v) is 7.83. The molecule has 110 valence electrons. The number of benzene rings is 2. The second-order valence-electron chi connectivity index (χ2n) is 4.41. The molecule has 3 N–H and O–H groups in total. The third-order valence-corrected chi connectivity index (χ3v) is 3.59. The van der Waals surface area contributed by atoms with Gasteiger partial charge < -0.3 is 15.8 Å². The number of carbonyl (C=O) groups excluding carboxylic acids is 1. The van der Waals surface area contributed by atoms with E-state index in [1.807, 2.05) is 37.4 Å². The molecule has 0 aliphatic carbocycles. The summed E-state index contributed by atoms with van der Waals surface area (Å²) >= 11 is 1.66. The highest BCUT2D eigenvalue weighted by molar-refractivity contribution is 7.98. The van der Waals surface area contributed by atoms with Gasteiger partial charge in [0.25, 0.3) is 5.91 Å². The lowest BCUT2D eigenvalue weighted by Gasteiger charge is -2.09. The fraction of sp³-hybridized carbons (Fsp3) is 0.188. The van der Waals surface area contributed by atoms with Crippen molar-refractivity contribution in [1.29, 1.82) is 0 Å². The van der Waals surface area contributed by atoms with E-state index < -0.39 is 0 Å². The van der Waals surface area contributed by atoms with Crippen LogP contribution in [0.4, 0.5) is 11.4 Å². The average Bonchev–Trinajstić information content (AvgIpc) is 2.48. The molecule has 0 heterocycles. The predicted molar refractivity (Wildman–Crippen MR) is 88.2 cm³/mol. The van der Waals surface area contributed by atoms with Crippen molar-refractivity contribution in [1.82, 2.24) is 0 Å². The number of rotatable bonds is 5. The number of anilines is 2. The van der Waals surface area contributed by atoms with Gasteiger partial charge in [-0.25, -0.2) is 0 Å². The number of hydrogen-bond acceptors (Lipinski definition) is 4. The minimum absolute atomic E-state index is 0.208. The van der Waals surface area contributed by atoms with E-state index >= 15 is 0 Å². The van der Waals surface area contributed by atoms with Gasteiger partial charge in [0.05, 0.1) is 6.61 Å². The summed E-state index contributed by atoms with van der Waals surface area (Å²) in [5.74, 6) is 0.389. The van der Waals surface area contributed by atoms with Gasteiger partial charge in [-0.1, -0.05) is 0 Å². The van der Waals surface area contributed by atoms with Crippen LogP contribution in [-0.2, 0) is 0 Å². The first kappa shape index (κ1) is 15.3. The van der Waals surface area contributed by atoms with E-state index in [0.717, 1.165) is 10.6 Å². The van der Waals surface area contributed by atoms with Gasteiger partial charge in [-0.2, -0.15) is 0 Å². The maximum absolute atomic E-state index is 12.2. The van der Waals surface area contributed by atoms with Gasteiger partial charge in [0.1, 0.15) is 5.75 Å². The molecule has 0 fully saturated rings. The monoisotopic (exact) mass is 302 g/mol. The van der Waals surface area contributed by atoms with Crippen LogP contribution in [0.15, 0.2) is 47.4 Å². The van der Waals surface area contributed by atoms with Crippen molar-refractivity contribution in [2.75, 3.05) is 23.9 Å². The molecule has 0 unspecified atom stereocenters. The minimum Gasteiger partial charge on any atom is -0.494 e. The van der Waals surface area contributed by atoms with Gasteiger partial charge in [0.2, 0.25) is 0 Å². The third-order valence-electron chi connectivity index (χ3n) is 2.85. The number of nitrogens with one attached hydrogen (secondary N) is 1. The fourth-order valence-corrected chi connectivity index (χ4v) is 2.29. The van der Waals surface area contributed by atoms with Crippen molar-refractivity contribution < 1.29 is 9.53 Å². The third kappa shape index (κ3) is 4.16. The molecule has 0 bridgehead atoms. The van der Waals surface area contributed by atoms with E-state index in [1.165, 1.54) is 0 Å². The lowest BCUT2D eigenvalue weighted by molar-refractivity contribution is 0.102. The van der Waals surface area contributed by atoms with E-state index in [2.05, 4.69) is 5.32 Å². The number of thioether (sulfide) groups is 1. The summed E-state index contributed by atoms with van der Waals surface area (Å²) in [4.78, 5) is 13.4. The molecule has 21 heavy (non-hydrogen) atoms. The van der Waals surface area contributed by atoms with Gasteiger partial charge in [0, 0.05) is 27.9 Å². The van der Waals surface area contributed by atoms with Crippen LogP contribution in [0.25, 0.3) is 0 Å². The van der Waals surface area contributed by atoms with Crippen LogP contribution in [0.1, 0.15) is 17.3 Å². The molecule has 0 aliphatic heterocycles. The van der Waals surface area contributed by atoms with E-state index in [-0.39, 0.29) is 5.91 Å². The van der Waals surface area contributed by atoms with Gasteiger partial charge in [-0.05, 0) is 49.6 Å². The van der Waals surface area contributed by atoms with Crippen LogP contribution < -0.4 is 15.8 Å². The van der Waals surface area contributed by atoms with Crippen molar-refractivity contribution >= 4 is 29.0 Å². The molecule has 0 radical (unpaired) electrons. The number of carbonyl (C=O) groups is 1. The summed E-state index contributed by atoms with van der Waals surface area (Å²) in [6, 6.07) is 12.7. The Labute approximate surface area is 128 Å². The van der Waals surface area contributed by atoms with Gasteiger partial charge in [-0.15, -0.1) is 11.8 Å². The molecule has 2 rings (SSSR count). The lowest BCUT2D eigenvalue weighted by atomic mass is 10.1. The summed E-state index contributed by atoms with van der Waals surface area (Å²) < 4.78 is 5.40. The van der Waals surface area contributed by atoms with E-state index in [1.54, 1.807) is 30.0 Å². The van der Waals surface area contributed by atoms with E-state index in [9.17, 15) is 4.79 Å². The van der Waals surface area contributed by atoms with Crippen LogP contribution in [-0.4, -0.2) is 18.8 Å². The molecule has 1 amide bonds. The number of nitrogen functional groups attached to an aromatic ring is 1. The second kappa shape index (κ2) is 7.04. The van der Waals surface area contributed by atoms with E-state index in [4.69, 9.17) is 10.5 Å². The first-order chi connectivity index (χ1) is 10.1. The van der Waals surface area contributed by atoms with Gasteiger partial charge in [-0.3, -0.25) is 4.79 Å². The highest BCUT2D eigenvalue weighted by atomic mass is 32.2. The Balaban J connectivity index is 2.15. The fourth-order valence-electron chi connectivity index (χ4n) is 1.88. The molecule has 4 nitrogen and oxygen atoms in total. The number of ether oxygens (including phenoxy) is 1.